The van der Waals surface area contributed by atoms with E-state index in [9.17, 15) is 9.18 Å². The van der Waals surface area contributed by atoms with Crippen molar-refractivity contribution in [2.45, 2.75) is 37.7 Å². The lowest BCUT2D eigenvalue weighted by molar-refractivity contribution is -0.115. The smallest absolute Gasteiger partial charge is 0.237 e. The van der Waals surface area contributed by atoms with E-state index >= 15 is 0 Å². The van der Waals surface area contributed by atoms with E-state index in [-0.39, 0.29) is 17.0 Å². The zero-order valence-electron chi connectivity index (χ0n) is 16.1. The standard InChI is InChI=1S/C21H23FN4OS/c1-14(2)13-26-19(17-11-7-8-12-18(17)22)24-25-21(26)28-15(3)20(27)23-16-9-5-4-6-10-16/h4-12,14-15H,13H2,1-3H3,(H,23,27). The van der Waals surface area contributed by atoms with Gasteiger partial charge in [-0.15, -0.1) is 10.2 Å². The Morgan fingerprint density at radius 1 is 1.07 bits per heavy atom. The van der Waals surface area contributed by atoms with Crippen molar-refractivity contribution in [3.8, 4) is 11.4 Å². The van der Waals surface area contributed by atoms with Gasteiger partial charge >= 0.3 is 0 Å². The number of hydrogen-bond donors (Lipinski definition) is 1. The molecule has 1 N–H and O–H groups in total. The second-order valence-electron chi connectivity index (χ2n) is 6.91. The molecule has 3 aromatic rings. The monoisotopic (exact) mass is 398 g/mol. The lowest BCUT2D eigenvalue weighted by Gasteiger charge is -2.15. The van der Waals surface area contributed by atoms with Crippen LogP contribution in [0.5, 0.6) is 0 Å². The fraction of sp³-hybridized carbons (Fsp3) is 0.286. The number of amides is 1. The third-order valence-corrected chi connectivity index (χ3v) is 5.15. The number of carbonyl (C=O) groups is 1. The third kappa shape index (κ3) is 4.78. The molecule has 1 heterocycles. The quantitative estimate of drug-likeness (QED) is 0.578. The lowest BCUT2D eigenvalue weighted by atomic mass is 10.2. The molecule has 5 nitrogen and oxygen atoms in total. The van der Waals surface area contributed by atoms with Gasteiger partial charge in [-0.2, -0.15) is 0 Å². The van der Waals surface area contributed by atoms with Crippen LogP contribution in [0.3, 0.4) is 0 Å². The summed E-state index contributed by atoms with van der Waals surface area (Å²) < 4.78 is 16.2. The Kier molecular flexibility index (Phi) is 6.46. The Hall–Kier alpha value is -2.67. The molecule has 3 rings (SSSR count). The fourth-order valence-corrected chi connectivity index (χ4v) is 3.58. The number of hydrogen-bond acceptors (Lipinski definition) is 4. The molecule has 1 amide bonds. The van der Waals surface area contributed by atoms with Gasteiger partial charge in [0.05, 0.1) is 10.8 Å². The predicted octanol–water partition coefficient (Wildman–Crippen LogP) is 4.86. The van der Waals surface area contributed by atoms with E-state index in [0.29, 0.717) is 29.0 Å². The Bertz CT molecular complexity index is 943. The highest BCUT2D eigenvalue weighted by atomic mass is 32.2. The summed E-state index contributed by atoms with van der Waals surface area (Å²) in [6.07, 6.45) is 0. The molecule has 0 aliphatic carbocycles. The molecule has 0 saturated carbocycles. The van der Waals surface area contributed by atoms with Gasteiger partial charge in [0.1, 0.15) is 5.82 Å². The predicted molar refractivity (Wildman–Crippen MR) is 111 cm³/mol. The van der Waals surface area contributed by atoms with Crippen LogP contribution >= 0.6 is 11.8 Å². The molecule has 0 radical (unpaired) electrons. The van der Waals surface area contributed by atoms with Gasteiger partial charge in [-0.1, -0.05) is 55.9 Å². The van der Waals surface area contributed by atoms with Crippen LogP contribution in [0, 0.1) is 11.7 Å². The van der Waals surface area contributed by atoms with Crippen molar-refractivity contribution >= 4 is 23.4 Å². The summed E-state index contributed by atoms with van der Waals surface area (Å²) in [4.78, 5) is 12.5. The van der Waals surface area contributed by atoms with Gasteiger partial charge in [-0.25, -0.2) is 4.39 Å². The van der Waals surface area contributed by atoms with E-state index in [1.54, 1.807) is 18.2 Å². The summed E-state index contributed by atoms with van der Waals surface area (Å²) in [5.41, 5.74) is 1.15. The molecule has 2 aromatic carbocycles. The van der Waals surface area contributed by atoms with Crippen LogP contribution in [-0.4, -0.2) is 25.9 Å². The number of halogens is 1. The van der Waals surface area contributed by atoms with Crippen molar-refractivity contribution in [3.05, 3.63) is 60.4 Å². The van der Waals surface area contributed by atoms with E-state index < -0.39 is 0 Å². The largest absolute Gasteiger partial charge is 0.325 e. The zero-order valence-corrected chi connectivity index (χ0v) is 16.9. The number of benzene rings is 2. The SMILES string of the molecule is CC(C)Cn1c(SC(C)C(=O)Nc2ccccc2)nnc1-c1ccccc1F. The highest BCUT2D eigenvalue weighted by Gasteiger charge is 2.22. The summed E-state index contributed by atoms with van der Waals surface area (Å²) in [5.74, 6) is 0.327. The van der Waals surface area contributed by atoms with Gasteiger partial charge < -0.3 is 9.88 Å². The highest BCUT2D eigenvalue weighted by molar-refractivity contribution is 8.00. The summed E-state index contributed by atoms with van der Waals surface area (Å²) in [6, 6.07) is 15.8. The van der Waals surface area contributed by atoms with Crippen LogP contribution in [0.1, 0.15) is 20.8 Å². The Labute approximate surface area is 168 Å². The van der Waals surface area contributed by atoms with Crippen molar-refractivity contribution in [1.82, 2.24) is 14.8 Å². The molecule has 1 unspecified atom stereocenters. The molecule has 28 heavy (non-hydrogen) atoms. The number of nitrogens with zero attached hydrogens (tertiary/aromatic N) is 3. The van der Waals surface area contributed by atoms with Crippen LogP contribution in [0.4, 0.5) is 10.1 Å². The van der Waals surface area contributed by atoms with Crippen LogP contribution < -0.4 is 5.32 Å². The number of thioether (sulfide) groups is 1. The number of para-hydroxylation sites is 1. The van der Waals surface area contributed by atoms with E-state index in [4.69, 9.17) is 0 Å². The average molecular weight is 399 g/mol. The summed E-state index contributed by atoms with van der Waals surface area (Å²) in [7, 11) is 0. The first-order chi connectivity index (χ1) is 13.5. The molecule has 146 valence electrons. The fourth-order valence-electron chi connectivity index (χ4n) is 2.72. The van der Waals surface area contributed by atoms with Crippen LogP contribution in [0.2, 0.25) is 0 Å². The third-order valence-electron chi connectivity index (χ3n) is 4.07. The number of anilines is 1. The lowest BCUT2D eigenvalue weighted by Crippen LogP contribution is -2.23. The Morgan fingerprint density at radius 3 is 2.43 bits per heavy atom. The summed E-state index contributed by atoms with van der Waals surface area (Å²) >= 11 is 1.32. The maximum Gasteiger partial charge on any atom is 0.237 e. The van der Waals surface area contributed by atoms with Crippen LogP contribution in [0.25, 0.3) is 11.4 Å². The van der Waals surface area contributed by atoms with Crippen LogP contribution in [0.15, 0.2) is 59.8 Å². The second kappa shape index (κ2) is 9.01. The first-order valence-corrected chi connectivity index (χ1v) is 10.0. The minimum atomic E-state index is -0.385. The summed E-state index contributed by atoms with van der Waals surface area (Å²) in [5, 5.41) is 11.6. The van der Waals surface area contributed by atoms with Crippen molar-refractivity contribution in [3.63, 3.8) is 0 Å². The molecule has 0 aliphatic rings. The van der Waals surface area contributed by atoms with E-state index in [2.05, 4.69) is 29.4 Å². The van der Waals surface area contributed by atoms with Crippen molar-refractivity contribution in [1.29, 1.82) is 0 Å². The van der Waals surface area contributed by atoms with Gasteiger partial charge in [0.2, 0.25) is 5.91 Å². The average Bonchev–Trinajstić information content (AvgIpc) is 3.04. The second-order valence-corrected chi connectivity index (χ2v) is 8.21. The first-order valence-electron chi connectivity index (χ1n) is 9.16. The molecular weight excluding hydrogens is 375 g/mol. The van der Waals surface area contributed by atoms with Crippen molar-refractivity contribution < 1.29 is 9.18 Å². The molecule has 1 aromatic heterocycles. The van der Waals surface area contributed by atoms with Crippen LogP contribution in [-0.2, 0) is 11.3 Å². The molecule has 0 fully saturated rings. The van der Waals surface area contributed by atoms with Gasteiger partial charge in [-0.3, -0.25) is 4.79 Å². The maximum absolute atomic E-state index is 14.3. The molecule has 0 aliphatic heterocycles. The zero-order chi connectivity index (χ0) is 20.1. The summed E-state index contributed by atoms with van der Waals surface area (Å²) in [6.45, 7) is 6.60. The normalized spacial score (nSPS) is 12.2. The molecule has 0 bridgehead atoms. The maximum atomic E-state index is 14.3. The molecule has 1 atom stereocenters. The van der Waals surface area contributed by atoms with Crippen molar-refractivity contribution in [2.24, 2.45) is 5.92 Å². The van der Waals surface area contributed by atoms with Gasteiger partial charge in [0.15, 0.2) is 11.0 Å². The van der Waals surface area contributed by atoms with E-state index in [1.165, 1.54) is 17.8 Å². The first kappa shape index (κ1) is 20.1. The Morgan fingerprint density at radius 2 is 1.75 bits per heavy atom. The number of aromatic nitrogens is 3. The van der Waals surface area contributed by atoms with E-state index in [1.807, 2.05) is 41.8 Å². The highest BCUT2D eigenvalue weighted by Crippen LogP contribution is 2.29. The minimum Gasteiger partial charge on any atom is -0.325 e. The molecule has 0 spiro atoms. The number of carbonyl (C=O) groups excluding carboxylic acids is 1. The molecule has 7 heteroatoms. The number of nitrogens with one attached hydrogen (secondary N) is 1. The topological polar surface area (TPSA) is 59.8 Å². The van der Waals surface area contributed by atoms with E-state index in [0.717, 1.165) is 5.69 Å². The van der Waals surface area contributed by atoms with Gasteiger partial charge in [-0.05, 0) is 37.1 Å². The molecule has 0 saturated heterocycles. The van der Waals surface area contributed by atoms with Crippen molar-refractivity contribution in [2.75, 3.05) is 5.32 Å². The van der Waals surface area contributed by atoms with Gasteiger partial charge in [0, 0.05) is 12.2 Å². The molecular formula is C21H23FN4OS. The number of rotatable bonds is 7. The Balaban J connectivity index is 1.83. The van der Waals surface area contributed by atoms with Gasteiger partial charge in [0.25, 0.3) is 0 Å². The minimum absolute atomic E-state index is 0.122.